The topological polar surface area (TPSA) is 229 Å². The average molecular weight is 1250 g/mol. The Labute approximate surface area is 539 Å². The van der Waals surface area contributed by atoms with Crippen LogP contribution < -0.4 is 0 Å². The average Bonchev–Trinajstić information content (AvgIpc) is 0.669. The fourth-order valence-electron chi connectivity index (χ4n) is 14.1. The van der Waals surface area contributed by atoms with E-state index in [0.29, 0.717) is 50.1 Å². The van der Waals surface area contributed by atoms with Crippen molar-refractivity contribution in [3.05, 3.63) is 261 Å². The molecule has 0 unspecified atom stereocenters. The highest BCUT2D eigenvalue weighted by Crippen LogP contribution is 2.65. The minimum Gasteiger partial charge on any atom is -0.461 e. The second-order valence-corrected chi connectivity index (χ2v) is 25.3. The number of benzene rings is 7. The quantitative estimate of drug-likeness (QED) is 0.0305. The maximum atomic E-state index is 16.9. The van der Waals surface area contributed by atoms with Crippen LogP contribution in [0, 0.1) is 16.7 Å². The summed E-state index contributed by atoms with van der Waals surface area (Å²) in [6.07, 6.45) is -8.81. The van der Waals surface area contributed by atoms with Gasteiger partial charge in [-0.15, -0.1) is 0 Å². The number of rotatable bonds is 21. The molecule has 3 fully saturated rings. The first-order valence-corrected chi connectivity index (χ1v) is 31.3. The van der Waals surface area contributed by atoms with Crippen LogP contribution >= 0.6 is 0 Å². The van der Waals surface area contributed by atoms with Crippen LogP contribution in [0.25, 0.3) is 0 Å². The Bertz CT molecular complexity index is 4010. The third kappa shape index (κ3) is 12.9. The maximum absolute atomic E-state index is 16.9. The molecule has 0 radical (unpaired) electrons. The van der Waals surface area contributed by atoms with Crippen LogP contribution in [0.15, 0.2) is 205 Å². The molecule has 7 aromatic carbocycles. The van der Waals surface area contributed by atoms with E-state index in [1.54, 1.807) is 185 Å². The molecular weight excluding hydrogens is 1180 g/mol. The van der Waals surface area contributed by atoms with E-state index in [9.17, 15) is 43.5 Å². The zero-order valence-corrected chi connectivity index (χ0v) is 52.4. The summed E-state index contributed by atoms with van der Waals surface area (Å²) < 4.78 is 38.8. The van der Waals surface area contributed by atoms with E-state index in [0.717, 1.165) is 0 Å². The molecule has 2 bridgehead atoms. The van der Waals surface area contributed by atoms with Crippen molar-refractivity contribution in [2.75, 3.05) is 6.61 Å². The van der Waals surface area contributed by atoms with Crippen molar-refractivity contribution in [3.63, 3.8) is 0 Å². The van der Waals surface area contributed by atoms with Crippen LogP contribution in [0.4, 0.5) is 0 Å². The van der Waals surface area contributed by atoms with Gasteiger partial charge >= 0.3 is 29.8 Å². The van der Waals surface area contributed by atoms with Gasteiger partial charge in [0, 0.05) is 77.8 Å². The maximum Gasteiger partial charge on any atom is 0.338 e. The fourth-order valence-corrected chi connectivity index (χ4v) is 14.1. The van der Waals surface area contributed by atoms with Gasteiger partial charge in [0.1, 0.15) is 30.0 Å². The molecule has 11 rings (SSSR count). The Morgan fingerprint density at radius 3 is 1.29 bits per heavy atom. The highest BCUT2D eigenvalue weighted by atomic mass is 16.6. The van der Waals surface area contributed by atoms with Crippen molar-refractivity contribution in [2.45, 2.75) is 128 Å². The third-order valence-electron chi connectivity index (χ3n) is 19.3. The zero-order chi connectivity index (χ0) is 65.8. The predicted octanol–water partition coefficient (Wildman–Crippen LogP) is 11.3. The number of fused-ring (bicyclic) bond motifs is 5. The molecular formula is C77H72O16. The van der Waals surface area contributed by atoms with E-state index in [1.165, 1.54) is 26.0 Å². The molecule has 1 saturated heterocycles. The molecule has 3 aliphatic carbocycles. The van der Waals surface area contributed by atoms with Gasteiger partial charge in [0.25, 0.3) is 0 Å². The molecule has 2 saturated carbocycles. The lowest BCUT2D eigenvalue weighted by Crippen LogP contribution is -2.82. The Kier molecular flexibility index (Phi) is 18.7. The van der Waals surface area contributed by atoms with Gasteiger partial charge in [-0.25, -0.2) is 4.79 Å². The molecule has 0 aromatic heterocycles. The third-order valence-corrected chi connectivity index (χ3v) is 19.3. The van der Waals surface area contributed by atoms with Crippen LogP contribution in [0.2, 0.25) is 0 Å². The van der Waals surface area contributed by atoms with Gasteiger partial charge in [-0.1, -0.05) is 196 Å². The second-order valence-electron chi connectivity index (χ2n) is 25.3. The molecule has 4 aliphatic rings. The summed E-state index contributed by atoms with van der Waals surface area (Å²) in [6, 6.07) is 54.8. The van der Waals surface area contributed by atoms with Crippen molar-refractivity contribution in [2.24, 2.45) is 16.7 Å². The fraction of sp³-hybridized carbons (Fsp3) is 0.312. The van der Waals surface area contributed by atoms with Crippen LogP contribution in [-0.2, 0) is 71.7 Å². The number of ketones is 4. The van der Waals surface area contributed by atoms with Gasteiger partial charge < -0.3 is 33.5 Å². The van der Waals surface area contributed by atoms with Crippen molar-refractivity contribution >= 4 is 53.0 Å². The number of ether oxygens (including phenoxy) is 6. The highest BCUT2D eigenvalue weighted by molar-refractivity contribution is 6.10. The van der Waals surface area contributed by atoms with Gasteiger partial charge in [-0.05, 0) is 73.1 Å². The van der Waals surface area contributed by atoms with Crippen molar-refractivity contribution < 1.29 is 76.7 Å². The van der Waals surface area contributed by atoms with Crippen molar-refractivity contribution in [1.29, 1.82) is 0 Å². The molecule has 1 N–H and O–H groups in total. The number of aryl methyl sites for hydroxylation is 3. The Morgan fingerprint density at radius 2 is 0.892 bits per heavy atom. The number of hydrogen-bond donors (Lipinski definition) is 1. The summed E-state index contributed by atoms with van der Waals surface area (Å²) in [5.74, 6) is -7.14. The van der Waals surface area contributed by atoms with Gasteiger partial charge in [0.05, 0.1) is 23.5 Å². The minimum atomic E-state index is -2.43. The number of hydrogen-bond acceptors (Lipinski definition) is 16. The molecule has 7 aromatic rings. The van der Waals surface area contributed by atoms with E-state index in [2.05, 4.69) is 0 Å². The number of esters is 5. The van der Waals surface area contributed by atoms with Crippen LogP contribution in [0.1, 0.15) is 142 Å². The molecule has 93 heavy (non-hydrogen) atoms. The lowest BCUT2D eigenvalue weighted by atomic mass is 9.44. The summed E-state index contributed by atoms with van der Waals surface area (Å²) in [7, 11) is 0. The molecule has 0 amide bonds. The molecule has 9 atom stereocenters. The Morgan fingerprint density at radius 1 is 0.505 bits per heavy atom. The molecule has 16 nitrogen and oxygen atoms in total. The SMILES string of the molecule is CC(=O)O[C@@]12CO[C@@H]1C[C@H](OC(=O)CCc1ccc(C(=O)c3ccccc3)cc1)[C@@]1(C)C(=O)[C@H](OC(=O)CCc3ccc(C(=O)c4ccccc4)cc3)C3=C(C)[C@@H](OC(=O)CCc4ccc(C(=O)c5ccccc5)cc4)C[C@@](O)([C@@H](OC(=O)c4ccccc4)[C@H]21)C3(C)C. The first kappa shape index (κ1) is 64.7. The standard InChI is InChI=1S/C77H72O16/c1-47-59(89-62(79)41-32-49-26-35-55(36-27-49)66(82)52-18-10-6-11-19-52)45-77(87)72(92-73(86)58-24-16-9-17-25-58)70-75(5,71(85)69(65(47)74(77,3)4)91-64(81)43-34-51-30-39-57(40-31-51)68(84)54-22-14-8-15-23-54)60(44-61-76(70,46-88-61)93-48(2)78)90-63(80)42-33-50-28-37-56(38-29-50)67(83)53-20-12-7-13-21-53/h6-31,35-40,59-61,69-70,72,87H,32-34,41-46H2,1-5H3/t59-,60-,61+,69+,70-,72-,75+,76-,77+/m0/s1. The predicted molar refractivity (Wildman–Crippen MR) is 341 cm³/mol. The normalized spacial score (nSPS) is 24.2. The smallest absolute Gasteiger partial charge is 0.338 e. The van der Waals surface area contributed by atoms with E-state index >= 15 is 4.79 Å². The second kappa shape index (κ2) is 26.8. The van der Waals surface area contributed by atoms with Gasteiger partial charge in [0.2, 0.25) is 0 Å². The van der Waals surface area contributed by atoms with Crippen molar-refractivity contribution in [3.8, 4) is 0 Å². The number of aliphatic hydroxyl groups is 1. The van der Waals surface area contributed by atoms with E-state index in [4.69, 9.17) is 28.4 Å². The Hall–Kier alpha value is -9.77. The summed E-state index contributed by atoms with van der Waals surface area (Å²) in [5, 5.41) is 14.4. The van der Waals surface area contributed by atoms with Crippen LogP contribution in [-0.4, -0.2) is 106 Å². The van der Waals surface area contributed by atoms with Gasteiger partial charge in [-0.2, -0.15) is 0 Å². The molecule has 0 spiro atoms. The summed E-state index contributed by atoms with van der Waals surface area (Å²) >= 11 is 0. The minimum absolute atomic E-state index is 0.0306. The monoisotopic (exact) mass is 1250 g/mol. The van der Waals surface area contributed by atoms with Gasteiger partial charge in [0.15, 0.2) is 34.8 Å². The number of carbonyl (C=O) groups excluding carboxylic acids is 9. The van der Waals surface area contributed by atoms with Crippen molar-refractivity contribution in [1.82, 2.24) is 0 Å². The lowest BCUT2D eigenvalue weighted by molar-refractivity contribution is -0.346. The Balaban J connectivity index is 0.969. The first-order valence-electron chi connectivity index (χ1n) is 31.3. The van der Waals surface area contributed by atoms with Crippen LogP contribution in [0.3, 0.4) is 0 Å². The van der Waals surface area contributed by atoms with Gasteiger partial charge in [-0.3, -0.25) is 38.4 Å². The van der Waals surface area contributed by atoms with E-state index in [1.807, 2.05) is 18.2 Å². The highest BCUT2D eigenvalue weighted by Gasteiger charge is 2.79. The first-order chi connectivity index (χ1) is 44.6. The zero-order valence-electron chi connectivity index (χ0n) is 52.4. The summed E-state index contributed by atoms with van der Waals surface area (Å²) in [5.41, 5.74) is -2.96. The van der Waals surface area contributed by atoms with Crippen LogP contribution in [0.5, 0.6) is 0 Å². The molecule has 16 heteroatoms. The van der Waals surface area contributed by atoms with E-state index in [-0.39, 0.29) is 85.6 Å². The molecule has 476 valence electrons. The number of carbonyl (C=O) groups is 9. The number of Topliss-reactive ketones (excluding diaryl/α,β-unsaturated/α-hetero) is 1. The van der Waals surface area contributed by atoms with E-state index < -0.39 is 101 Å². The summed E-state index contributed by atoms with van der Waals surface area (Å²) in [4.78, 5) is 129. The molecule has 1 aliphatic heterocycles. The largest absolute Gasteiger partial charge is 0.461 e. The summed E-state index contributed by atoms with van der Waals surface area (Å²) in [6.45, 7) is 7.14. The molecule has 1 heterocycles. The lowest BCUT2D eigenvalue weighted by Gasteiger charge is -2.67.